The lowest BCUT2D eigenvalue weighted by Crippen LogP contribution is -2.71. The first-order valence-electron chi connectivity index (χ1n) is 25.7. The molecule has 3 amide bonds. The molecule has 5 saturated heterocycles. The van der Waals surface area contributed by atoms with E-state index in [-0.39, 0.29) is 0 Å². The van der Waals surface area contributed by atoms with Crippen molar-refractivity contribution < 1.29 is 199 Å². The van der Waals surface area contributed by atoms with E-state index in [9.17, 15) is 134 Å². The lowest BCUT2D eigenvalue weighted by Gasteiger charge is -2.51. The summed E-state index contributed by atoms with van der Waals surface area (Å²) >= 11 is 0. The lowest BCUT2D eigenvalue weighted by atomic mass is 9.93. The number of hydrogen-bond acceptors (Lipinski definition) is 36. The predicted octanol–water partition coefficient (Wildman–Crippen LogP) is -12.8. The van der Waals surface area contributed by atoms with Gasteiger partial charge in [-0.05, 0) is 6.08 Å². The van der Waals surface area contributed by atoms with Crippen molar-refractivity contribution in [1.82, 2.24) is 16.0 Å². The Labute approximate surface area is 504 Å². The maximum Gasteiger partial charge on any atom is 0.397 e. The molecule has 0 aromatic carbocycles. The third-order valence-electron chi connectivity index (χ3n) is 13.7. The summed E-state index contributed by atoms with van der Waals surface area (Å²) in [4.78, 5) is 75.8. The first kappa shape index (κ1) is 74.2. The van der Waals surface area contributed by atoms with Gasteiger partial charge in [0.05, 0.1) is 19.8 Å². The van der Waals surface area contributed by atoms with Crippen LogP contribution in [-0.2, 0) is 125 Å². The number of carbonyl (C=O) groups is 6. The molecule has 6 rings (SSSR count). The molecule has 0 bridgehead atoms. The summed E-state index contributed by atoms with van der Waals surface area (Å²) in [5, 5.41) is 146. The van der Waals surface area contributed by atoms with Crippen molar-refractivity contribution >= 4 is 66.8 Å². The maximum absolute atomic E-state index is 13.1. The molecule has 0 spiro atoms. The van der Waals surface area contributed by atoms with E-state index in [0.29, 0.717) is 6.08 Å². The summed E-state index contributed by atoms with van der Waals surface area (Å²) in [6.45, 7) is -1.78. The van der Waals surface area contributed by atoms with Crippen LogP contribution in [0.15, 0.2) is 11.8 Å². The average Bonchev–Trinajstić information content (AvgIpc) is 0.785. The van der Waals surface area contributed by atoms with Gasteiger partial charge in [-0.25, -0.2) is 26.9 Å². The smallest absolute Gasteiger partial charge is 0.397 e. The zero-order valence-corrected chi connectivity index (χ0v) is 48.3. The van der Waals surface area contributed by atoms with Crippen molar-refractivity contribution in [3.05, 3.63) is 11.8 Å². The van der Waals surface area contributed by atoms with Crippen LogP contribution in [-0.4, -0.2) is 333 Å². The topological polar surface area (TPSA) is 694 Å². The van der Waals surface area contributed by atoms with E-state index < -0.39 is 264 Å². The van der Waals surface area contributed by atoms with Gasteiger partial charge in [0.15, 0.2) is 43.7 Å². The molecule has 45 nitrogen and oxygen atoms in total. The van der Waals surface area contributed by atoms with Crippen LogP contribution in [0.3, 0.4) is 0 Å². The summed E-state index contributed by atoms with van der Waals surface area (Å²) in [7, 11) is -17.1. The monoisotopic (exact) mass is 1380 g/mol. The normalized spacial score (nSPS) is 41.1. The van der Waals surface area contributed by atoms with E-state index in [1.54, 1.807) is 0 Å². The van der Waals surface area contributed by atoms with Gasteiger partial charge in [0.1, 0.15) is 122 Å². The van der Waals surface area contributed by atoms with Crippen molar-refractivity contribution in [3.8, 4) is 0 Å². The minimum Gasteiger partial charge on any atom is -0.479 e. The fourth-order valence-electron chi connectivity index (χ4n) is 10.1. The Bertz CT molecular complexity index is 2940. The van der Waals surface area contributed by atoms with Gasteiger partial charge in [0.2, 0.25) is 29.8 Å². The Morgan fingerprint density at radius 2 is 0.756 bits per heavy atom. The number of aliphatic hydroxyl groups is 10. The second-order valence-corrected chi connectivity index (χ2v) is 23.3. The molecule has 516 valence electrons. The fraction of sp³-hybridized carbons (Fsp3) is 0.810. The first-order chi connectivity index (χ1) is 41.7. The molecule has 48 heteroatoms. The fourth-order valence-corrected chi connectivity index (χ4v) is 11.6. The largest absolute Gasteiger partial charge is 0.479 e. The van der Waals surface area contributed by atoms with Crippen molar-refractivity contribution in [1.29, 1.82) is 0 Å². The van der Waals surface area contributed by atoms with Gasteiger partial charge in [-0.3, -0.25) is 28.0 Å². The van der Waals surface area contributed by atoms with Crippen molar-refractivity contribution in [3.63, 3.8) is 0 Å². The highest BCUT2D eigenvalue weighted by atomic mass is 32.3. The molecule has 19 N–H and O–H groups in total. The Balaban J connectivity index is 1.35. The van der Waals surface area contributed by atoms with E-state index in [1.807, 2.05) is 0 Å². The van der Waals surface area contributed by atoms with E-state index in [0.717, 1.165) is 20.8 Å². The van der Waals surface area contributed by atoms with Gasteiger partial charge >= 0.3 is 49.1 Å². The molecule has 12 unspecified atom stereocenters. The second-order valence-electron chi connectivity index (χ2n) is 20.1. The number of carboxylic acids is 3. The summed E-state index contributed by atoms with van der Waals surface area (Å²) in [5.41, 5.74) is 0. The number of aliphatic hydroxyl groups excluding tert-OH is 10. The molecule has 28 atom stereocenters. The molecule has 6 heterocycles. The minimum atomic E-state index is -5.84. The Morgan fingerprint density at radius 1 is 0.433 bits per heavy atom. The lowest BCUT2D eigenvalue weighted by molar-refractivity contribution is -0.373. The number of aliphatic carboxylic acids is 3. The highest BCUT2D eigenvalue weighted by Crippen LogP contribution is 2.39. The molecular weight excluding hydrogens is 1310 g/mol. The van der Waals surface area contributed by atoms with Crippen molar-refractivity contribution in [2.24, 2.45) is 0 Å². The molecule has 6 aliphatic heterocycles. The molecule has 6 aliphatic rings. The third-order valence-corrected chi connectivity index (χ3v) is 15.1. The van der Waals surface area contributed by atoms with Crippen molar-refractivity contribution in [2.75, 3.05) is 19.8 Å². The van der Waals surface area contributed by atoms with Crippen LogP contribution in [0.4, 0.5) is 0 Å². The Hall–Kier alpha value is -4.83. The van der Waals surface area contributed by atoms with Crippen LogP contribution >= 0.6 is 0 Å². The molecule has 0 aromatic heterocycles. The maximum atomic E-state index is 13.1. The minimum absolute atomic E-state index is 0.490. The van der Waals surface area contributed by atoms with E-state index in [1.165, 1.54) is 0 Å². The molecule has 0 radical (unpaired) electrons. The number of carboxylic acid groups (broad SMARTS) is 3. The highest BCUT2D eigenvalue weighted by molar-refractivity contribution is 7.81. The summed E-state index contributed by atoms with van der Waals surface area (Å²) in [6, 6.07) is -6.64. The SMILES string of the molecule is CC(=O)NC1C(O)OC(CO)[C@H](OS(=O)(=O)O)[C@@H]1O[C@@H]1OC(C(=O)O)[C@@H](O[C@@H]2OC(CO)[C@H](OS(=O)(=O)O)[C@H](O[C@@H]3OC(C(=O)O)[C@@H](O[C@@H]4OC(CO)[C@H](OS(=O)(=O)O)[C@H](O[C@@H]5OC(C(=O)O)=C[C@H](O)C5O)C4NC(C)=O)[C@H](O)C3O)C2NC(C)=O)[C@H](O)C1O. The zero-order chi connectivity index (χ0) is 67.6. The number of hydrogen-bond donors (Lipinski definition) is 19. The summed E-state index contributed by atoms with van der Waals surface area (Å²) < 4.78 is 177. The van der Waals surface area contributed by atoms with Gasteiger partial charge < -0.3 is 134 Å². The molecule has 5 fully saturated rings. The van der Waals surface area contributed by atoms with E-state index >= 15 is 0 Å². The van der Waals surface area contributed by atoms with Gasteiger partial charge in [0.25, 0.3) is 0 Å². The van der Waals surface area contributed by atoms with Crippen LogP contribution in [0.5, 0.6) is 0 Å². The number of ether oxygens (including phenoxy) is 11. The predicted molar refractivity (Wildman–Crippen MR) is 265 cm³/mol. The third kappa shape index (κ3) is 18.1. The van der Waals surface area contributed by atoms with Crippen LogP contribution in [0.25, 0.3) is 0 Å². The van der Waals surface area contributed by atoms with Crippen LogP contribution in [0, 0.1) is 0 Å². The zero-order valence-electron chi connectivity index (χ0n) is 45.9. The van der Waals surface area contributed by atoms with Gasteiger partial charge in [-0.1, -0.05) is 0 Å². The quantitative estimate of drug-likeness (QED) is 0.0377. The van der Waals surface area contributed by atoms with Crippen LogP contribution in [0.1, 0.15) is 20.8 Å². The standard InChI is InChI=1S/C42H63N3O42S3/c1-8(49)43-16-27(24(85-88(65,66)67)13(5-46)74-37(16)64)78-41-22(56)20(54)30(32(83-41)35(60)61)82-39-18(45-10(3)51)29(26(15(7-48)77-39)87-90(71,72)73)80-42-23(57)21(55)31(33(84-42)36(62)63)81-38-17(44-9(2)50)28(25(14(6-47)76-38)86-89(68,69)70)79-40-19(53)11(52)4-12(75-40)34(58)59/h4,11,13-33,37-42,46-48,52-57,64H,5-7H2,1-3H3,(H,43,49)(H,44,50)(H,45,51)(H,58,59)(H,60,61)(H,62,63)(H,65,66,67)(H,68,69,70)(H,71,72,73)/t11-,13?,14?,15?,16?,17?,18?,19?,20+,21+,22?,23?,24-,25-,26-,27+,28+,29+,30-,31-,32?,33?,37?,38-,39-,40-,41+,42+/m0/s1. The van der Waals surface area contributed by atoms with Gasteiger partial charge in [-0.2, -0.15) is 25.3 Å². The number of rotatable bonds is 25. The highest BCUT2D eigenvalue weighted by Gasteiger charge is 2.61. The van der Waals surface area contributed by atoms with Gasteiger partial charge in [-0.15, -0.1) is 0 Å². The Morgan fingerprint density at radius 3 is 1.08 bits per heavy atom. The van der Waals surface area contributed by atoms with Crippen molar-refractivity contribution in [2.45, 2.75) is 193 Å². The molecular formula is C42H63N3O42S3. The number of carbonyl (C=O) groups excluding carboxylic acids is 3. The van der Waals surface area contributed by atoms with Crippen LogP contribution < -0.4 is 16.0 Å². The number of nitrogens with one attached hydrogen (secondary N) is 3. The summed E-state index contributed by atoms with van der Waals surface area (Å²) in [6.07, 6.45) is -61.7. The molecule has 0 aliphatic carbocycles. The molecule has 0 aromatic rings. The van der Waals surface area contributed by atoms with Gasteiger partial charge in [0, 0.05) is 20.8 Å². The molecule has 90 heavy (non-hydrogen) atoms. The Kier molecular flexibility index (Phi) is 24.8. The number of amides is 3. The first-order valence-corrected chi connectivity index (χ1v) is 29.8. The summed E-state index contributed by atoms with van der Waals surface area (Å²) in [5.74, 6) is -10.7. The second kappa shape index (κ2) is 30.1. The van der Waals surface area contributed by atoms with E-state index in [4.69, 9.17) is 56.3 Å². The average molecular weight is 1380 g/mol. The molecule has 0 saturated carbocycles. The van der Waals surface area contributed by atoms with Crippen LogP contribution in [0.2, 0.25) is 0 Å². The van der Waals surface area contributed by atoms with E-state index in [2.05, 4.69) is 24.3 Å².